The van der Waals surface area contributed by atoms with Crippen LogP contribution in [0.5, 0.6) is 0 Å². The molecule has 0 bridgehead atoms. The number of hydrogen-bond acceptors (Lipinski definition) is 1. The van der Waals surface area contributed by atoms with Crippen molar-refractivity contribution in [1.82, 2.24) is 0 Å². The van der Waals surface area contributed by atoms with Crippen LogP contribution in [-0.4, -0.2) is 6.29 Å². The van der Waals surface area contributed by atoms with Gasteiger partial charge in [0.1, 0.15) is 6.29 Å². The number of benzene rings is 1. The Bertz CT molecular complexity index is 296. The number of hydrogen-bond donors (Lipinski definition) is 0. The van der Waals surface area contributed by atoms with Gasteiger partial charge in [0.25, 0.3) is 0 Å². The van der Waals surface area contributed by atoms with Gasteiger partial charge in [-0.25, -0.2) is 0 Å². The molecule has 68 valence electrons. The number of carbonyl (C=O) groups excluding carboxylic acids is 1. The fourth-order valence-electron chi connectivity index (χ4n) is 1.08. The third kappa shape index (κ3) is 2.86. The molecule has 0 aliphatic heterocycles. The van der Waals surface area contributed by atoms with Crippen LogP contribution < -0.4 is 0 Å². The third-order valence-electron chi connectivity index (χ3n) is 1.94. The molecule has 1 aromatic rings. The highest BCUT2D eigenvalue weighted by Gasteiger charge is 2.00. The van der Waals surface area contributed by atoms with E-state index in [1.165, 1.54) is 0 Å². The summed E-state index contributed by atoms with van der Waals surface area (Å²) in [6, 6.07) is 9.88. The third-order valence-corrected chi connectivity index (χ3v) is 1.94. The van der Waals surface area contributed by atoms with Gasteiger partial charge in [-0.05, 0) is 23.1 Å². The molecule has 0 atom stereocenters. The Hall–Kier alpha value is -1.37. The van der Waals surface area contributed by atoms with E-state index in [2.05, 4.69) is 0 Å². The molecule has 0 aliphatic rings. The second-order valence-electron chi connectivity index (χ2n) is 3.33. The lowest BCUT2D eigenvalue weighted by atomic mass is 10.0. The fourth-order valence-corrected chi connectivity index (χ4v) is 1.08. The van der Waals surface area contributed by atoms with Gasteiger partial charge >= 0.3 is 0 Å². The Morgan fingerprint density at radius 1 is 1.23 bits per heavy atom. The SMILES string of the molecule is CC(C)C(C=O)=Cc1ccccc1. The summed E-state index contributed by atoms with van der Waals surface area (Å²) < 4.78 is 0. The minimum atomic E-state index is 0.290. The summed E-state index contributed by atoms with van der Waals surface area (Å²) in [5.74, 6) is 0.290. The van der Waals surface area contributed by atoms with E-state index in [1.807, 2.05) is 50.3 Å². The van der Waals surface area contributed by atoms with E-state index in [9.17, 15) is 4.79 Å². The van der Waals surface area contributed by atoms with Crippen LogP contribution >= 0.6 is 0 Å². The van der Waals surface area contributed by atoms with Crippen LogP contribution in [-0.2, 0) is 4.79 Å². The van der Waals surface area contributed by atoms with Crippen molar-refractivity contribution in [2.75, 3.05) is 0 Å². The maximum atomic E-state index is 10.7. The smallest absolute Gasteiger partial charge is 0.146 e. The number of aldehydes is 1. The van der Waals surface area contributed by atoms with E-state index < -0.39 is 0 Å². The van der Waals surface area contributed by atoms with Crippen LogP contribution in [0.3, 0.4) is 0 Å². The van der Waals surface area contributed by atoms with Crippen LogP contribution in [0.15, 0.2) is 35.9 Å². The summed E-state index contributed by atoms with van der Waals surface area (Å²) in [7, 11) is 0. The molecular formula is C12H14O. The molecular weight excluding hydrogens is 160 g/mol. The van der Waals surface area contributed by atoms with Gasteiger partial charge in [0.05, 0.1) is 0 Å². The lowest BCUT2D eigenvalue weighted by Gasteiger charge is -2.02. The summed E-state index contributed by atoms with van der Waals surface area (Å²) in [5, 5.41) is 0. The van der Waals surface area contributed by atoms with Crippen LogP contribution in [0, 0.1) is 5.92 Å². The van der Waals surface area contributed by atoms with Gasteiger partial charge in [-0.2, -0.15) is 0 Å². The Labute approximate surface area is 79.1 Å². The van der Waals surface area contributed by atoms with E-state index in [-0.39, 0.29) is 5.92 Å². The average Bonchev–Trinajstić information content (AvgIpc) is 2.15. The highest BCUT2D eigenvalue weighted by atomic mass is 16.1. The summed E-state index contributed by atoms with van der Waals surface area (Å²) in [5.41, 5.74) is 1.92. The first kappa shape index (κ1) is 9.72. The van der Waals surface area contributed by atoms with Crippen LogP contribution in [0.4, 0.5) is 0 Å². The molecule has 0 N–H and O–H groups in total. The maximum Gasteiger partial charge on any atom is 0.146 e. The van der Waals surface area contributed by atoms with Crippen LogP contribution in [0.1, 0.15) is 19.4 Å². The molecule has 1 nitrogen and oxygen atoms in total. The Morgan fingerprint density at radius 2 is 1.85 bits per heavy atom. The predicted molar refractivity (Wildman–Crippen MR) is 55.3 cm³/mol. The lowest BCUT2D eigenvalue weighted by Crippen LogP contribution is -1.94. The van der Waals surface area contributed by atoms with E-state index in [0.29, 0.717) is 0 Å². The van der Waals surface area contributed by atoms with Crippen LogP contribution in [0.25, 0.3) is 6.08 Å². The molecule has 0 radical (unpaired) electrons. The normalized spacial score (nSPS) is 11.8. The second-order valence-corrected chi connectivity index (χ2v) is 3.33. The molecule has 0 amide bonds. The van der Waals surface area contributed by atoms with Crippen molar-refractivity contribution < 1.29 is 4.79 Å². The standard InChI is InChI=1S/C12H14O/c1-10(2)12(9-13)8-11-6-4-3-5-7-11/h3-10H,1-2H3. The topological polar surface area (TPSA) is 17.1 Å². The van der Waals surface area contributed by atoms with Gasteiger partial charge in [-0.1, -0.05) is 44.2 Å². The highest BCUT2D eigenvalue weighted by Crippen LogP contribution is 2.11. The summed E-state index contributed by atoms with van der Waals surface area (Å²) in [6.07, 6.45) is 2.86. The highest BCUT2D eigenvalue weighted by molar-refractivity contribution is 5.82. The number of rotatable bonds is 3. The number of carbonyl (C=O) groups is 1. The van der Waals surface area contributed by atoms with E-state index in [4.69, 9.17) is 0 Å². The zero-order valence-corrected chi connectivity index (χ0v) is 8.03. The summed E-state index contributed by atoms with van der Waals surface area (Å²) in [6.45, 7) is 4.03. The molecule has 0 saturated heterocycles. The lowest BCUT2D eigenvalue weighted by molar-refractivity contribution is -0.105. The Morgan fingerprint density at radius 3 is 2.31 bits per heavy atom. The first-order valence-electron chi connectivity index (χ1n) is 4.46. The van der Waals surface area contributed by atoms with Gasteiger partial charge in [0, 0.05) is 0 Å². The molecule has 1 aromatic carbocycles. The molecule has 0 spiro atoms. The van der Waals surface area contributed by atoms with Crippen molar-refractivity contribution in [3.05, 3.63) is 41.5 Å². The molecule has 0 saturated carbocycles. The number of allylic oxidation sites excluding steroid dienone is 1. The molecule has 1 rings (SSSR count). The van der Waals surface area contributed by atoms with Gasteiger partial charge < -0.3 is 0 Å². The molecule has 0 unspecified atom stereocenters. The van der Waals surface area contributed by atoms with Crippen molar-refractivity contribution >= 4 is 12.4 Å². The van der Waals surface area contributed by atoms with Gasteiger partial charge in [-0.3, -0.25) is 4.79 Å². The molecule has 0 heterocycles. The van der Waals surface area contributed by atoms with Crippen LogP contribution in [0.2, 0.25) is 0 Å². The zero-order valence-electron chi connectivity index (χ0n) is 8.03. The van der Waals surface area contributed by atoms with Gasteiger partial charge in [0.2, 0.25) is 0 Å². The molecule has 0 fully saturated rings. The molecule has 1 heteroatoms. The van der Waals surface area contributed by atoms with E-state index >= 15 is 0 Å². The predicted octanol–water partition coefficient (Wildman–Crippen LogP) is 2.92. The average molecular weight is 174 g/mol. The largest absolute Gasteiger partial charge is 0.298 e. The minimum Gasteiger partial charge on any atom is -0.298 e. The van der Waals surface area contributed by atoms with Crippen molar-refractivity contribution in [2.24, 2.45) is 5.92 Å². The second kappa shape index (κ2) is 4.61. The monoisotopic (exact) mass is 174 g/mol. The van der Waals surface area contributed by atoms with E-state index in [0.717, 1.165) is 17.4 Å². The first-order valence-corrected chi connectivity index (χ1v) is 4.46. The van der Waals surface area contributed by atoms with Crippen molar-refractivity contribution in [3.8, 4) is 0 Å². The summed E-state index contributed by atoms with van der Waals surface area (Å²) in [4.78, 5) is 10.7. The van der Waals surface area contributed by atoms with Gasteiger partial charge in [0.15, 0.2) is 0 Å². The van der Waals surface area contributed by atoms with Gasteiger partial charge in [-0.15, -0.1) is 0 Å². The summed E-state index contributed by atoms with van der Waals surface area (Å²) >= 11 is 0. The van der Waals surface area contributed by atoms with Crippen molar-refractivity contribution in [2.45, 2.75) is 13.8 Å². The van der Waals surface area contributed by atoms with Crippen molar-refractivity contribution in [3.63, 3.8) is 0 Å². The maximum absolute atomic E-state index is 10.7. The Balaban J connectivity index is 2.92. The van der Waals surface area contributed by atoms with Crippen molar-refractivity contribution in [1.29, 1.82) is 0 Å². The molecule has 0 aromatic heterocycles. The molecule has 13 heavy (non-hydrogen) atoms. The first-order chi connectivity index (χ1) is 6.24. The minimum absolute atomic E-state index is 0.290. The Kier molecular flexibility index (Phi) is 3.44. The fraction of sp³-hybridized carbons (Fsp3) is 0.250. The quantitative estimate of drug-likeness (QED) is 0.508. The zero-order chi connectivity index (χ0) is 9.68. The van der Waals surface area contributed by atoms with E-state index in [1.54, 1.807) is 0 Å². The molecule has 0 aliphatic carbocycles.